The molecule has 3 aromatic heterocycles. The zero-order valence-corrected chi connectivity index (χ0v) is 15.7. The smallest absolute Gasteiger partial charge is 0.162 e. The molecular formula is C22H23N5. The highest BCUT2D eigenvalue weighted by molar-refractivity contribution is 5.76. The predicted molar refractivity (Wildman–Crippen MR) is 107 cm³/mol. The number of rotatable bonds is 6. The maximum atomic E-state index is 4.66. The maximum Gasteiger partial charge on any atom is 0.162 e. The fraction of sp³-hybridized carbons (Fsp3) is 0.227. The number of hydrogen-bond acceptors (Lipinski definition) is 4. The molecule has 4 rings (SSSR count). The number of aryl methyl sites for hydroxylation is 1. The Morgan fingerprint density at radius 3 is 2.44 bits per heavy atom. The topological polar surface area (TPSA) is 46.3 Å². The van der Waals surface area contributed by atoms with Crippen molar-refractivity contribution in [3.63, 3.8) is 0 Å². The Bertz CT molecular complexity index is 1020. The minimum atomic E-state index is 0.792. The second-order valence-corrected chi connectivity index (χ2v) is 6.84. The van der Waals surface area contributed by atoms with Crippen LogP contribution in [0.1, 0.15) is 23.7 Å². The first-order chi connectivity index (χ1) is 13.2. The van der Waals surface area contributed by atoms with E-state index in [0.717, 1.165) is 47.5 Å². The van der Waals surface area contributed by atoms with E-state index in [9.17, 15) is 0 Å². The van der Waals surface area contributed by atoms with Crippen molar-refractivity contribution in [3.8, 4) is 11.1 Å². The van der Waals surface area contributed by atoms with Crippen molar-refractivity contribution in [3.05, 3.63) is 84.1 Å². The van der Waals surface area contributed by atoms with Crippen molar-refractivity contribution in [2.75, 3.05) is 7.05 Å². The molecule has 0 fully saturated rings. The lowest BCUT2D eigenvalue weighted by molar-refractivity contribution is 0.314. The van der Waals surface area contributed by atoms with E-state index < -0.39 is 0 Å². The van der Waals surface area contributed by atoms with Crippen LogP contribution in [-0.2, 0) is 19.5 Å². The van der Waals surface area contributed by atoms with Gasteiger partial charge in [0.15, 0.2) is 5.65 Å². The third kappa shape index (κ3) is 3.88. The van der Waals surface area contributed by atoms with E-state index >= 15 is 0 Å². The number of nitrogens with zero attached hydrogens (tertiary/aromatic N) is 5. The summed E-state index contributed by atoms with van der Waals surface area (Å²) in [4.78, 5) is 11.4. The van der Waals surface area contributed by atoms with E-state index in [-0.39, 0.29) is 0 Å². The molecule has 0 aliphatic rings. The molecular weight excluding hydrogens is 334 g/mol. The van der Waals surface area contributed by atoms with Gasteiger partial charge in [-0.15, -0.1) is 0 Å². The fourth-order valence-corrected chi connectivity index (χ4v) is 3.22. The molecule has 27 heavy (non-hydrogen) atoms. The zero-order chi connectivity index (χ0) is 18.6. The van der Waals surface area contributed by atoms with Gasteiger partial charge in [-0.2, -0.15) is 5.10 Å². The largest absolute Gasteiger partial charge is 0.296 e. The molecule has 1 aromatic carbocycles. The van der Waals surface area contributed by atoms with Crippen LogP contribution in [0, 0.1) is 0 Å². The van der Waals surface area contributed by atoms with Crippen LogP contribution in [0.2, 0.25) is 0 Å². The van der Waals surface area contributed by atoms with Crippen LogP contribution in [-0.4, -0.2) is 31.5 Å². The fourth-order valence-electron chi connectivity index (χ4n) is 3.22. The maximum absolute atomic E-state index is 4.66. The number of aromatic nitrogens is 4. The lowest BCUT2D eigenvalue weighted by Gasteiger charge is -2.16. The van der Waals surface area contributed by atoms with Crippen LogP contribution in [0.4, 0.5) is 0 Å². The van der Waals surface area contributed by atoms with Crippen molar-refractivity contribution in [2.45, 2.75) is 26.4 Å². The van der Waals surface area contributed by atoms with E-state index in [2.05, 4.69) is 64.4 Å². The molecule has 0 radical (unpaired) electrons. The second-order valence-electron chi connectivity index (χ2n) is 6.84. The SMILES string of the molecule is CCc1ccc(CN(C)Cc2cnc3c(-c4ccccc4)cnn3c2)nc1. The van der Waals surface area contributed by atoms with Crippen molar-refractivity contribution in [2.24, 2.45) is 0 Å². The molecule has 136 valence electrons. The summed E-state index contributed by atoms with van der Waals surface area (Å²) in [6.45, 7) is 3.74. The number of pyridine rings is 1. The van der Waals surface area contributed by atoms with Gasteiger partial charge in [-0.1, -0.05) is 43.3 Å². The van der Waals surface area contributed by atoms with Gasteiger partial charge in [0.1, 0.15) is 0 Å². The van der Waals surface area contributed by atoms with E-state index in [1.807, 2.05) is 41.3 Å². The van der Waals surface area contributed by atoms with Gasteiger partial charge < -0.3 is 0 Å². The average Bonchev–Trinajstić information content (AvgIpc) is 3.12. The van der Waals surface area contributed by atoms with E-state index in [4.69, 9.17) is 0 Å². The molecule has 0 unspecified atom stereocenters. The van der Waals surface area contributed by atoms with Gasteiger partial charge in [-0.25, -0.2) is 9.50 Å². The molecule has 0 spiro atoms. The Morgan fingerprint density at radius 1 is 0.889 bits per heavy atom. The molecule has 5 heteroatoms. The molecule has 3 heterocycles. The molecule has 5 nitrogen and oxygen atoms in total. The first-order valence-electron chi connectivity index (χ1n) is 9.23. The first kappa shape index (κ1) is 17.4. The summed E-state index contributed by atoms with van der Waals surface area (Å²) in [6.07, 6.45) is 8.85. The highest BCUT2D eigenvalue weighted by Gasteiger charge is 2.09. The predicted octanol–water partition coefficient (Wildman–Crippen LogP) is 3.99. The minimum Gasteiger partial charge on any atom is -0.296 e. The number of fused-ring (bicyclic) bond motifs is 1. The summed E-state index contributed by atoms with van der Waals surface area (Å²) in [7, 11) is 2.10. The highest BCUT2D eigenvalue weighted by Crippen LogP contribution is 2.23. The van der Waals surface area contributed by atoms with Gasteiger partial charge in [0.25, 0.3) is 0 Å². The Morgan fingerprint density at radius 2 is 1.70 bits per heavy atom. The van der Waals surface area contributed by atoms with E-state index in [0.29, 0.717) is 0 Å². The van der Waals surface area contributed by atoms with Gasteiger partial charge in [0.05, 0.1) is 11.9 Å². The third-order valence-corrected chi connectivity index (χ3v) is 4.67. The van der Waals surface area contributed by atoms with Crippen molar-refractivity contribution >= 4 is 5.65 Å². The normalized spacial score (nSPS) is 11.4. The number of benzene rings is 1. The first-order valence-corrected chi connectivity index (χ1v) is 9.23. The van der Waals surface area contributed by atoms with E-state index in [1.54, 1.807) is 0 Å². The molecule has 0 bridgehead atoms. The zero-order valence-electron chi connectivity index (χ0n) is 15.7. The highest BCUT2D eigenvalue weighted by atomic mass is 15.2. The van der Waals surface area contributed by atoms with E-state index in [1.165, 1.54) is 5.56 Å². The Balaban J connectivity index is 1.49. The lowest BCUT2D eigenvalue weighted by Crippen LogP contribution is -2.18. The van der Waals surface area contributed by atoms with Crippen LogP contribution in [0.25, 0.3) is 16.8 Å². The molecule has 0 amide bonds. The molecule has 0 saturated heterocycles. The summed E-state index contributed by atoms with van der Waals surface area (Å²) < 4.78 is 1.86. The van der Waals surface area contributed by atoms with Crippen molar-refractivity contribution in [1.82, 2.24) is 24.5 Å². The van der Waals surface area contributed by atoms with Crippen molar-refractivity contribution < 1.29 is 0 Å². The Labute approximate surface area is 159 Å². The number of hydrogen-bond donors (Lipinski definition) is 0. The van der Waals surface area contributed by atoms with Gasteiger partial charge in [-0.3, -0.25) is 9.88 Å². The van der Waals surface area contributed by atoms with Gasteiger partial charge >= 0.3 is 0 Å². The summed E-state index contributed by atoms with van der Waals surface area (Å²) in [6, 6.07) is 14.5. The summed E-state index contributed by atoms with van der Waals surface area (Å²) in [5, 5.41) is 4.49. The molecule has 0 saturated carbocycles. The van der Waals surface area contributed by atoms with Crippen molar-refractivity contribution in [1.29, 1.82) is 0 Å². The average molecular weight is 357 g/mol. The van der Waals surface area contributed by atoms with Gasteiger partial charge in [0, 0.05) is 42.8 Å². The second kappa shape index (κ2) is 7.68. The summed E-state index contributed by atoms with van der Waals surface area (Å²) in [5.74, 6) is 0. The van der Waals surface area contributed by atoms with Crippen LogP contribution >= 0.6 is 0 Å². The van der Waals surface area contributed by atoms with Gasteiger partial charge in [-0.05, 0) is 30.7 Å². The van der Waals surface area contributed by atoms with Gasteiger partial charge in [0.2, 0.25) is 0 Å². The molecule has 0 N–H and O–H groups in total. The summed E-state index contributed by atoms with van der Waals surface area (Å²) >= 11 is 0. The minimum absolute atomic E-state index is 0.792. The quantitative estimate of drug-likeness (QED) is 0.523. The van der Waals surface area contributed by atoms with Crippen LogP contribution in [0.5, 0.6) is 0 Å². The Hall–Kier alpha value is -3.05. The lowest BCUT2D eigenvalue weighted by atomic mass is 10.1. The molecule has 0 aliphatic carbocycles. The Kier molecular flexibility index (Phi) is 4.94. The van der Waals surface area contributed by atoms with Crippen LogP contribution < -0.4 is 0 Å². The monoisotopic (exact) mass is 357 g/mol. The third-order valence-electron chi connectivity index (χ3n) is 4.67. The molecule has 4 aromatic rings. The molecule has 0 atom stereocenters. The van der Waals surface area contributed by atoms with Crippen LogP contribution in [0.15, 0.2) is 67.3 Å². The molecule has 0 aliphatic heterocycles. The van der Waals surface area contributed by atoms with Crippen LogP contribution in [0.3, 0.4) is 0 Å². The summed E-state index contributed by atoms with van der Waals surface area (Å²) in [5.41, 5.74) is 6.53. The standard InChI is InChI=1S/C22H23N5/c1-3-17-9-10-20(23-11-17)16-26(2)14-18-12-24-22-21(13-25-27(22)15-18)19-7-5-4-6-8-19/h4-13,15H,3,14,16H2,1-2H3.